The van der Waals surface area contributed by atoms with Crippen LogP contribution in [0.15, 0.2) is 54.6 Å². The summed E-state index contributed by atoms with van der Waals surface area (Å²) >= 11 is 0. The molecule has 2 aliphatic rings. The molecule has 0 bridgehead atoms. The van der Waals surface area contributed by atoms with Crippen molar-refractivity contribution in [3.8, 4) is 11.1 Å². The fraction of sp³-hybridized carbons (Fsp3) is 0.500. The number of ether oxygens (including phenoxy) is 2. The Kier molecular flexibility index (Phi) is 6.85. The number of nitrogens with zero attached hydrogens (tertiary/aromatic N) is 2. The molecule has 1 saturated carbocycles. The van der Waals surface area contributed by atoms with Crippen molar-refractivity contribution in [1.29, 1.82) is 0 Å². The van der Waals surface area contributed by atoms with Crippen LogP contribution in [0.3, 0.4) is 0 Å². The lowest BCUT2D eigenvalue weighted by Gasteiger charge is -2.51. The third-order valence-corrected chi connectivity index (χ3v) is 6.29. The maximum Gasteiger partial charge on any atom is 0.294 e. The molecule has 3 atom stereocenters. The number of morpholine rings is 1. The quantitative estimate of drug-likeness (QED) is 0.354. The number of hydrogen-bond acceptors (Lipinski definition) is 6. The first-order chi connectivity index (χ1) is 15.1. The first kappa shape index (κ1) is 21.7. The van der Waals surface area contributed by atoms with Gasteiger partial charge in [0.25, 0.3) is 5.09 Å². The molecule has 0 radical (unpaired) electrons. The average molecular weight is 427 g/mol. The second-order valence-corrected chi connectivity index (χ2v) is 8.38. The van der Waals surface area contributed by atoms with Gasteiger partial charge in [0.05, 0.1) is 25.9 Å². The van der Waals surface area contributed by atoms with Crippen molar-refractivity contribution in [2.45, 2.75) is 50.0 Å². The number of rotatable bonds is 8. The van der Waals surface area contributed by atoms with Crippen molar-refractivity contribution >= 4 is 0 Å². The SMILES string of the molecule is CN1CC(OCCCO[N+](=O)[O-])(c2ccc(-c3ccccc3)cc2)OC2CCCCC21. The van der Waals surface area contributed by atoms with Gasteiger partial charge in [0.15, 0.2) is 0 Å². The second-order valence-electron chi connectivity index (χ2n) is 8.38. The van der Waals surface area contributed by atoms with E-state index in [0.29, 0.717) is 25.6 Å². The summed E-state index contributed by atoms with van der Waals surface area (Å²) in [7, 11) is 2.14. The van der Waals surface area contributed by atoms with Gasteiger partial charge in [-0.15, -0.1) is 10.1 Å². The topological polar surface area (TPSA) is 74.1 Å². The fourth-order valence-corrected chi connectivity index (χ4v) is 4.75. The molecule has 31 heavy (non-hydrogen) atoms. The lowest BCUT2D eigenvalue weighted by atomic mass is 9.88. The Balaban J connectivity index is 1.55. The van der Waals surface area contributed by atoms with Crippen LogP contribution in [-0.2, 0) is 20.1 Å². The summed E-state index contributed by atoms with van der Waals surface area (Å²) in [5, 5.41) is 9.64. The van der Waals surface area contributed by atoms with Crippen LogP contribution in [0.1, 0.15) is 37.7 Å². The first-order valence-corrected chi connectivity index (χ1v) is 11.0. The minimum Gasteiger partial charge on any atom is -0.345 e. The van der Waals surface area contributed by atoms with Crippen molar-refractivity contribution in [2.75, 3.05) is 26.8 Å². The minimum absolute atomic E-state index is 0.0118. The summed E-state index contributed by atoms with van der Waals surface area (Å²) < 4.78 is 13.0. The van der Waals surface area contributed by atoms with Gasteiger partial charge >= 0.3 is 0 Å². The van der Waals surface area contributed by atoms with Crippen LogP contribution in [0.4, 0.5) is 0 Å². The van der Waals surface area contributed by atoms with Gasteiger partial charge < -0.3 is 14.3 Å². The molecule has 0 spiro atoms. The summed E-state index contributed by atoms with van der Waals surface area (Å²) in [4.78, 5) is 17.2. The zero-order chi connectivity index (χ0) is 21.7. The molecule has 2 fully saturated rings. The zero-order valence-corrected chi connectivity index (χ0v) is 17.9. The molecule has 166 valence electrons. The Hall–Kier alpha value is -2.48. The van der Waals surface area contributed by atoms with Crippen LogP contribution in [0.25, 0.3) is 11.1 Å². The molecule has 1 aliphatic carbocycles. The fourth-order valence-electron chi connectivity index (χ4n) is 4.75. The lowest BCUT2D eigenvalue weighted by Crippen LogP contribution is -2.60. The summed E-state index contributed by atoms with van der Waals surface area (Å²) in [6, 6.07) is 19.0. The predicted molar refractivity (Wildman–Crippen MR) is 117 cm³/mol. The summed E-state index contributed by atoms with van der Waals surface area (Å²) in [5.41, 5.74) is 3.27. The van der Waals surface area contributed by atoms with Gasteiger partial charge in [-0.3, -0.25) is 4.90 Å². The van der Waals surface area contributed by atoms with Gasteiger partial charge in [-0.2, -0.15) is 0 Å². The van der Waals surface area contributed by atoms with E-state index in [9.17, 15) is 10.1 Å². The van der Waals surface area contributed by atoms with E-state index in [-0.39, 0.29) is 12.7 Å². The Morgan fingerprint density at radius 3 is 2.52 bits per heavy atom. The van der Waals surface area contributed by atoms with E-state index in [4.69, 9.17) is 9.47 Å². The smallest absolute Gasteiger partial charge is 0.294 e. The van der Waals surface area contributed by atoms with Crippen molar-refractivity contribution in [3.05, 3.63) is 70.3 Å². The highest BCUT2D eigenvalue weighted by molar-refractivity contribution is 5.63. The monoisotopic (exact) mass is 426 g/mol. The zero-order valence-electron chi connectivity index (χ0n) is 17.9. The normalized spacial score (nSPS) is 26.2. The van der Waals surface area contributed by atoms with Crippen LogP contribution < -0.4 is 0 Å². The number of fused-ring (bicyclic) bond motifs is 1. The highest BCUT2D eigenvalue weighted by Crippen LogP contribution is 2.40. The molecule has 0 aromatic heterocycles. The van der Waals surface area contributed by atoms with Gasteiger partial charge in [-0.25, -0.2) is 0 Å². The molecule has 2 aromatic carbocycles. The summed E-state index contributed by atoms with van der Waals surface area (Å²) in [5.74, 6) is -0.892. The largest absolute Gasteiger partial charge is 0.345 e. The third-order valence-electron chi connectivity index (χ3n) is 6.29. The van der Waals surface area contributed by atoms with Crippen molar-refractivity contribution in [2.24, 2.45) is 0 Å². The average Bonchev–Trinajstić information content (AvgIpc) is 2.79. The van der Waals surface area contributed by atoms with Crippen molar-refractivity contribution in [3.63, 3.8) is 0 Å². The molecule has 7 nitrogen and oxygen atoms in total. The van der Waals surface area contributed by atoms with Gasteiger partial charge in [0, 0.05) is 11.6 Å². The van der Waals surface area contributed by atoms with E-state index in [1.165, 1.54) is 6.42 Å². The number of hydrogen-bond donors (Lipinski definition) is 0. The minimum atomic E-state index is -0.892. The molecule has 0 N–H and O–H groups in total. The van der Waals surface area contributed by atoms with E-state index in [1.54, 1.807) is 0 Å². The standard InChI is InChI=1S/C24H30N2O5/c1-25-18-24(29-16-7-17-30-26(27)28,31-23-11-6-5-10-22(23)25)21-14-12-20(13-15-21)19-8-3-2-4-9-19/h2-4,8-9,12-15,22-23H,5-7,10-11,16-18H2,1H3. The molecule has 1 aliphatic heterocycles. The number of benzene rings is 2. The molecule has 2 aromatic rings. The molecule has 7 heteroatoms. The van der Waals surface area contributed by atoms with Crippen molar-refractivity contribution in [1.82, 2.24) is 4.90 Å². The molecular formula is C24H30N2O5. The highest BCUT2D eigenvalue weighted by Gasteiger charge is 2.47. The molecule has 1 heterocycles. The van der Waals surface area contributed by atoms with E-state index in [1.807, 2.05) is 18.2 Å². The Bertz CT molecular complexity index is 860. The van der Waals surface area contributed by atoms with E-state index in [0.717, 1.165) is 36.0 Å². The van der Waals surface area contributed by atoms with E-state index < -0.39 is 10.9 Å². The highest BCUT2D eigenvalue weighted by atomic mass is 16.9. The molecule has 0 amide bonds. The first-order valence-electron chi connectivity index (χ1n) is 11.0. The molecule has 3 unspecified atom stereocenters. The van der Waals surface area contributed by atoms with Crippen LogP contribution in [0.5, 0.6) is 0 Å². The maximum atomic E-state index is 10.4. The molecule has 4 rings (SSSR count). The van der Waals surface area contributed by atoms with E-state index in [2.05, 4.69) is 53.2 Å². The van der Waals surface area contributed by atoms with Gasteiger partial charge in [0.1, 0.15) is 0 Å². The van der Waals surface area contributed by atoms with Crippen LogP contribution in [0.2, 0.25) is 0 Å². The summed E-state index contributed by atoms with van der Waals surface area (Å²) in [6.07, 6.45) is 5.09. The second kappa shape index (κ2) is 9.77. The Morgan fingerprint density at radius 1 is 1.06 bits per heavy atom. The van der Waals surface area contributed by atoms with E-state index >= 15 is 0 Å². The molecular weight excluding hydrogens is 396 g/mol. The number of likely N-dealkylation sites (N-methyl/N-ethyl adjacent to an activating group) is 1. The summed E-state index contributed by atoms with van der Waals surface area (Å²) in [6.45, 7) is 0.951. The van der Waals surface area contributed by atoms with Gasteiger partial charge in [0.2, 0.25) is 5.79 Å². The van der Waals surface area contributed by atoms with Crippen LogP contribution in [-0.4, -0.2) is 48.9 Å². The van der Waals surface area contributed by atoms with Gasteiger partial charge in [-0.05, 0) is 37.4 Å². The predicted octanol–water partition coefficient (Wildman–Crippen LogP) is 4.39. The van der Waals surface area contributed by atoms with Crippen LogP contribution >= 0.6 is 0 Å². The van der Waals surface area contributed by atoms with Gasteiger partial charge in [-0.1, -0.05) is 67.4 Å². The van der Waals surface area contributed by atoms with Crippen molar-refractivity contribution < 1.29 is 19.4 Å². The third kappa shape index (κ3) is 5.06. The van der Waals surface area contributed by atoms with Crippen LogP contribution in [0, 0.1) is 10.1 Å². The maximum absolute atomic E-state index is 10.4. The lowest BCUT2D eigenvalue weighted by molar-refractivity contribution is -0.757. The Labute approximate surface area is 183 Å². The Morgan fingerprint density at radius 2 is 1.77 bits per heavy atom. The molecule has 1 saturated heterocycles.